The zero-order chi connectivity index (χ0) is 23.0. The van der Waals surface area contributed by atoms with E-state index in [1.54, 1.807) is 6.08 Å². The van der Waals surface area contributed by atoms with E-state index in [9.17, 15) is 4.79 Å². The van der Waals surface area contributed by atoms with Gasteiger partial charge < -0.3 is 4.90 Å². The largest absolute Gasteiger partial charge is 0.330 e. The van der Waals surface area contributed by atoms with Crippen LogP contribution in [0.1, 0.15) is 22.3 Å². The lowest BCUT2D eigenvalue weighted by Gasteiger charge is -2.22. The quantitative estimate of drug-likeness (QED) is 0.253. The molecule has 0 N–H and O–H groups in total. The molecule has 0 saturated carbocycles. The lowest BCUT2D eigenvalue weighted by atomic mass is 9.97. The molecule has 0 aliphatic rings. The molecule has 33 heavy (non-hydrogen) atoms. The Balaban J connectivity index is 1.72. The minimum Gasteiger partial charge on any atom is -0.330 e. The number of rotatable bonds is 7. The predicted octanol–water partition coefficient (Wildman–Crippen LogP) is 7.65. The van der Waals surface area contributed by atoms with Crippen molar-refractivity contribution in [1.29, 1.82) is 0 Å². The molecule has 0 aromatic heterocycles. The van der Waals surface area contributed by atoms with Gasteiger partial charge in [0.05, 0.1) is 0 Å². The average molecular weight is 472 g/mol. The first-order chi connectivity index (χ1) is 16.1. The van der Waals surface area contributed by atoms with Gasteiger partial charge in [-0.15, -0.1) is 0 Å². The third-order valence-electron chi connectivity index (χ3n) is 5.32. The van der Waals surface area contributed by atoms with Crippen molar-refractivity contribution >= 4 is 34.7 Å². The first-order valence-corrected chi connectivity index (χ1v) is 11.4. The maximum atomic E-state index is 13.6. The Morgan fingerprint density at radius 3 is 1.39 bits per heavy atom. The number of halogens is 2. The minimum atomic E-state index is -0.0670. The minimum absolute atomic E-state index is 0.0670. The van der Waals surface area contributed by atoms with Crippen molar-refractivity contribution in [2.75, 3.05) is 0 Å². The van der Waals surface area contributed by atoms with Crippen LogP contribution in [0.2, 0.25) is 10.0 Å². The molecule has 0 atom stereocenters. The number of hydrogen-bond acceptors (Lipinski definition) is 1. The van der Waals surface area contributed by atoms with Crippen molar-refractivity contribution in [3.05, 3.63) is 148 Å². The SMILES string of the molecule is O=C(C=C(c1ccc(Cl)cc1)c1ccc(Cl)cc1)N(Cc1ccccc1)Cc1ccccc1. The zero-order valence-corrected chi connectivity index (χ0v) is 19.5. The monoisotopic (exact) mass is 471 g/mol. The summed E-state index contributed by atoms with van der Waals surface area (Å²) in [5.41, 5.74) is 4.80. The van der Waals surface area contributed by atoms with Gasteiger partial charge in [-0.1, -0.05) is 108 Å². The molecule has 1 amide bonds. The first kappa shape index (κ1) is 22.8. The molecule has 0 aliphatic carbocycles. The summed E-state index contributed by atoms with van der Waals surface area (Å²) in [7, 11) is 0. The van der Waals surface area contributed by atoms with Crippen molar-refractivity contribution in [2.45, 2.75) is 13.1 Å². The highest BCUT2D eigenvalue weighted by atomic mass is 35.5. The van der Waals surface area contributed by atoms with Gasteiger partial charge in [0.15, 0.2) is 0 Å². The molecule has 2 nitrogen and oxygen atoms in total. The molecular weight excluding hydrogens is 449 g/mol. The van der Waals surface area contributed by atoms with Gasteiger partial charge in [0.1, 0.15) is 0 Å². The Bertz CT molecular complexity index is 1130. The van der Waals surface area contributed by atoms with Crippen LogP contribution >= 0.6 is 23.2 Å². The van der Waals surface area contributed by atoms with E-state index in [2.05, 4.69) is 0 Å². The van der Waals surface area contributed by atoms with E-state index in [0.717, 1.165) is 27.8 Å². The summed E-state index contributed by atoms with van der Waals surface area (Å²) >= 11 is 12.2. The highest BCUT2D eigenvalue weighted by Gasteiger charge is 2.16. The standard InChI is InChI=1S/C29H23Cl2NO/c30-26-15-11-24(12-16-26)28(25-13-17-27(31)18-14-25)19-29(33)32(20-22-7-3-1-4-8-22)21-23-9-5-2-6-10-23/h1-19H,20-21H2. The molecule has 0 saturated heterocycles. The topological polar surface area (TPSA) is 20.3 Å². The maximum absolute atomic E-state index is 13.6. The van der Waals surface area contributed by atoms with Crippen LogP contribution in [-0.4, -0.2) is 10.8 Å². The molecule has 0 heterocycles. The molecular formula is C29H23Cl2NO. The molecule has 0 fully saturated rings. The van der Waals surface area contributed by atoms with E-state index in [1.807, 2.05) is 114 Å². The number of hydrogen-bond donors (Lipinski definition) is 0. The smallest absolute Gasteiger partial charge is 0.247 e. The normalized spacial score (nSPS) is 10.5. The van der Waals surface area contributed by atoms with Crippen LogP contribution in [0.15, 0.2) is 115 Å². The van der Waals surface area contributed by atoms with Crippen LogP contribution in [0, 0.1) is 0 Å². The summed E-state index contributed by atoms with van der Waals surface area (Å²) in [5.74, 6) is -0.0670. The van der Waals surface area contributed by atoms with Crippen molar-refractivity contribution < 1.29 is 4.79 Å². The maximum Gasteiger partial charge on any atom is 0.247 e. The Kier molecular flexibility index (Phi) is 7.62. The summed E-state index contributed by atoms with van der Waals surface area (Å²) in [4.78, 5) is 15.5. The van der Waals surface area contributed by atoms with Crippen molar-refractivity contribution in [3.63, 3.8) is 0 Å². The fraction of sp³-hybridized carbons (Fsp3) is 0.0690. The summed E-state index contributed by atoms with van der Waals surface area (Å²) in [6.45, 7) is 1.03. The summed E-state index contributed by atoms with van der Waals surface area (Å²) in [5, 5.41) is 1.30. The molecule has 0 spiro atoms. The number of carbonyl (C=O) groups is 1. The van der Waals surface area contributed by atoms with Gasteiger partial charge in [-0.3, -0.25) is 4.79 Å². The summed E-state index contributed by atoms with van der Waals surface area (Å²) in [6.07, 6.45) is 1.71. The molecule has 0 unspecified atom stereocenters. The number of amides is 1. The Morgan fingerprint density at radius 1 is 0.606 bits per heavy atom. The molecule has 4 rings (SSSR count). The van der Waals surface area contributed by atoms with Crippen molar-refractivity contribution in [3.8, 4) is 0 Å². The molecule has 4 aromatic rings. The number of nitrogens with zero attached hydrogens (tertiary/aromatic N) is 1. The first-order valence-electron chi connectivity index (χ1n) is 10.7. The van der Waals surface area contributed by atoms with E-state index in [-0.39, 0.29) is 5.91 Å². The Hall–Kier alpha value is -3.33. The second kappa shape index (κ2) is 11.0. The van der Waals surface area contributed by atoms with Gasteiger partial charge in [-0.05, 0) is 52.1 Å². The molecule has 0 radical (unpaired) electrons. The van der Waals surface area contributed by atoms with Gasteiger partial charge in [-0.2, -0.15) is 0 Å². The Morgan fingerprint density at radius 2 is 1.00 bits per heavy atom. The summed E-state index contributed by atoms with van der Waals surface area (Å²) < 4.78 is 0. The van der Waals surface area contributed by atoms with E-state index >= 15 is 0 Å². The molecule has 4 heteroatoms. The van der Waals surface area contributed by atoms with Crippen molar-refractivity contribution in [2.24, 2.45) is 0 Å². The molecule has 4 aromatic carbocycles. The van der Waals surface area contributed by atoms with Gasteiger partial charge in [0.25, 0.3) is 0 Å². The van der Waals surface area contributed by atoms with Gasteiger partial charge in [0, 0.05) is 29.2 Å². The average Bonchev–Trinajstić information content (AvgIpc) is 2.85. The predicted molar refractivity (Wildman–Crippen MR) is 137 cm³/mol. The molecule has 164 valence electrons. The van der Waals surface area contributed by atoms with E-state index in [0.29, 0.717) is 23.1 Å². The second-order valence-corrected chi connectivity index (χ2v) is 8.61. The molecule has 0 aliphatic heterocycles. The second-order valence-electron chi connectivity index (χ2n) is 7.74. The lowest BCUT2D eigenvalue weighted by Crippen LogP contribution is -2.28. The van der Waals surface area contributed by atoms with Crippen LogP contribution < -0.4 is 0 Å². The van der Waals surface area contributed by atoms with E-state index in [4.69, 9.17) is 23.2 Å². The van der Waals surface area contributed by atoms with Gasteiger partial charge in [-0.25, -0.2) is 0 Å². The fourth-order valence-electron chi connectivity index (χ4n) is 3.63. The lowest BCUT2D eigenvalue weighted by molar-refractivity contribution is -0.127. The van der Waals surface area contributed by atoms with Crippen LogP contribution in [0.5, 0.6) is 0 Å². The van der Waals surface area contributed by atoms with Crippen LogP contribution in [-0.2, 0) is 17.9 Å². The van der Waals surface area contributed by atoms with Crippen LogP contribution in [0.25, 0.3) is 5.57 Å². The molecule has 0 bridgehead atoms. The highest BCUT2D eigenvalue weighted by molar-refractivity contribution is 6.31. The number of carbonyl (C=O) groups excluding carboxylic acids is 1. The van der Waals surface area contributed by atoms with E-state index in [1.165, 1.54) is 0 Å². The zero-order valence-electron chi connectivity index (χ0n) is 18.0. The van der Waals surface area contributed by atoms with Gasteiger partial charge in [0.2, 0.25) is 5.91 Å². The third-order valence-corrected chi connectivity index (χ3v) is 5.83. The Labute approximate surface area is 204 Å². The highest BCUT2D eigenvalue weighted by Crippen LogP contribution is 2.27. The van der Waals surface area contributed by atoms with Crippen LogP contribution in [0.4, 0.5) is 0 Å². The fourth-order valence-corrected chi connectivity index (χ4v) is 3.88. The van der Waals surface area contributed by atoms with Crippen LogP contribution in [0.3, 0.4) is 0 Å². The number of benzene rings is 4. The van der Waals surface area contributed by atoms with Crippen molar-refractivity contribution in [1.82, 2.24) is 4.90 Å². The van der Waals surface area contributed by atoms with Gasteiger partial charge >= 0.3 is 0 Å². The van der Waals surface area contributed by atoms with E-state index < -0.39 is 0 Å². The summed E-state index contributed by atoms with van der Waals surface area (Å²) in [6, 6.07) is 35.1. The third kappa shape index (κ3) is 6.35.